The van der Waals surface area contributed by atoms with Crippen LogP contribution >= 0.6 is 11.8 Å². The molecule has 4 heterocycles. The Morgan fingerprint density at radius 3 is 2.42 bits per heavy atom. The van der Waals surface area contributed by atoms with Crippen LogP contribution in [0.5, 0.6) is 0 Å². The molecule has 206 valence electrons. The van der Waals surface area contributed by atoms with Crippen molar-refractivity contribution in [2.45, 2.75) is 37.5 Å². The second kappa shape index (κ2) is 9.77. The molecule has 3 fully saturated rings. The molecule has 7 rings (SSSR count). The zero-order chi connectivity index (χ0) is 27.5. The van der Waals surface area contributed by atoms with Gasteiger partial charge in [0.2, 0.25) is 5.89 Å². The van der Waals surface area contributed by atoms with Crippen molar-refractivity contribution < 1.29 is 17.6 Å². The largest absolute Gasteiger partial charge is 0.415 e. The third-order valence-corrected chi connectivity index (χ3v) is 9.35. The van der Waals surface area contributed by atoms with Gasteiger partial charge in [-0.15, -0.1) is 10.2 Å². The van der Waals surface area contributed by atoms with E-state index in [-0.39, 0.29) is 35.3 Å². The first-order valence-corrected chi connectivity index (χ1v) is 14.2. The van der Waals surface area contributed by atoms with Crippen LogP contribution in [-0.2, 0) is 6.54 Å². The lowest BCUT2D eigenvalue weighted by Gasteiger charge is -2.43. The average molecular weight is 568 g/mol. The number of nitrogens with zero attached hydrogens (tertiary/aromatic N) is 5. The van der Waals surface area contributed by atoms with Crippen molar-refractivity contribution in [3.8, 4) is 11.5 Å². The molecular formula is C28H24F3N5O3S. The van der Waals surface area contributed by atoms with Gasteiger partial charge in [0.15, 0.2) is 0 Å². The predicted molar refractivity (Wildman–Crippen MR) is 146 cm³/mol. The van der Waals surface area contributed by atoms with Gasteiger partial charge in [0.1, 0.15) is 17.2 Å². The minimum atomic E-state index is -2.93. The molecule has 3 aliphatic rings. The number of hydrogen-bond donors (Lipinski definition) is 0. The number of likely N-dealkylation sites (tertiary alicyclic amines) is 1. The van der Waals surface area contributed by atoms with E-state index in [4.69, 9.17) is 4.42 Å². The highest BCUT2D eigenvalue weighted by Crippen LogP contribution is 2.42. The van der Waals surface area contributed by atoms with Crippen LogP contribution in [0.4, 0.5) is 30.2 Å². The topological polar surface area (TPSA) is 82.8 Å². The molecule has 3 aromatic carbocycles. The summed E-state index contributed by atoms with van der Waals surface area (Å²) in [6.07, 6.45) is -1.97. The Bertz CT molecular complexity index is 1640. The predicted octanol–water partition coefficient (Wildman–Crippen LogP) is 4.13. The summed E-state index contributed by atoms with van der Waals surface area (Å²) in [6, 6.07) is 14.3. The van der Waals surface area contributed by atoms with Crippen molar-refractivity contribution >= 4 is 28.8 Å². The number of thioether (sulfide) groups is 1. The van der Waals surface area contributed by atoms with Gasteiger partial charge in [-0.25, -0.2) is 4.39 Å². The Morgan fingerprint density at radius 1 is 1.00 bits per heavy atom. The van der Waals surface area contributed by atoms with Crippen LogP contribution in [0.2, 0.25) is 0 Å². The summed E-state index contributed by atoms with van der Waals surface area (Å²) in [6.45, 7) is 1.55. The monoisotopic (exact) mass is 567 g/mol. The molecule has 4 aromatic rings. The number of para-hydroxylation sites is 1. The van der Waals surface area contributed by atoms with Crippen LogP contribution in [0.25, 0.3) is 11.5 Å². The number of anilines is 3. The molecule has 2 unspecified atom stereocenters. The van der Waals surface area contributed by atoms with E-state index in [9.17, 15) is 18.4 Å². The first-order valence-electron chi connectivity index (χ1n) is 13.1. The first kappa shape index (κ1) is 25.3. The van der Waals surface area contributed by atoms with Crippen LogP contribution in [0.15, 0.2) is 62.5 Å². The molecule has 12 heteroatoms. The highest BCUT2D eigenvalue weighted by Gasteiger charge is 2.49. The average Bonchev–Trinajstić information content (AvgIpc) is 3.67. The Morgan fingerprint density at radius 2 is 1.80 bits per heavy atom. The van der Waals surface area contributed by atoms with Crippen LogP contribution in [0.1, 0.15) is 24.3 Å². The van der Waals surface area contributed by atoms with E-state index in [1.807, 2.05) is 42.1 Å². The van der Waals surface area contributed by atoms with Gasteiger partial charge in [0, 0.05) is 59.5 Å². The summed E-state index contributed by atoms with van der Waals surface area (Å²) in [5.74, 6) is 0.586. The van der Waals surface area contributed by atoms with E-state index in [0.717, 1.165) is 30.5 Å². The fourth-order valence-corrected chi connectivity index (χ4v) is 6.87. The van der Waals surface area contributed by atoms with E-state index >= 15 is 4.39 Å². The third-order valence-electron chi connectivity index (χ3n) is 8.11. The van der Waals surface area contributed by atoms with E-state index < -0.39 is 29.0 Å². The minimum absolute atomic E-state index is 0.0204. The molecular weight excluding hydrogens is 543 g/mol. The van der Waals surface area contributed by atoms with Crippen molar-refractivity contribution in [2.24, 2.45) is 0 Å². The molecule has 0 amide bonds. The van der Waals surface area contributed by atoms with Gasteiger partial charge in [-0.1, -0.05) is 24.3 Å². The summed E-state index contributed by atoms with van der Waals surface area (Å²) < 4.78 is 46.0. The zero-order valence-electron chi connectivity index (χ0n) is 21.2. The fourth-order valence-electron chi connectivity index (χ4n) is 6.04. The fraction of sp³-hybridized carbons (Fsp3) is 0.357. The standard InChI is InChI=1S/C28H24F3N5O3S/c29-21-8-15(27-32-33-28(39-27)26(30)31)6-7-16(21)10-35(17-4-2-1-3-5-17)22-23(25(38)24(22)37)36-12-18-9-19(36)11-34(18)20-13-40-14-20/h1-8,18-20,26H,9-14H2. The number of halogens is 3. The molecule has 40 heavy (non-hydrogen) atoms. The molecule has 3 aliphatic heterocycles. The van der Waals surface area contributed by atoms with Crippen LogP contribution in [-0.4, -0.2) is 57.8 Å². The Balaban J connectivity index is 1.20. The van der Waals surface area contributed by atoms with Gasteiger partial charge in [-0.3, -0.25) is 14.5 Å². The quantitative estimate of drug-likeness (QED) is 0.292. The lowest BCUT2D eigenvalue weighted by atomic mass is 10.1. The number of aromatic nitrogens is 2. The van der Waals surface area contributed by atoms with Gasteiger partial charge in [0.25, 0.3) is 16.7 Å². The summed E-state index contributed by atoms with van der Waals surface area (Å²) in [4.78, 5) is 32.4. The van der Waals surface area contributed by atoms with E-state index in [1.165, 1.54) is 12.1 Å². The van der Waals surface area contributed by atoms with Crippen LogP contribution in [0.3, 0.4) is 0 Å². The first-order chi connectivity index (χ1) is 19.4. The van der Waals surface area contributed by atoms with E-state index in [2.05, 4.69) is 20.0 Å². The van der Waals surface area contributed by atoms with Gasteiger partial charge in [-0.05, 0) is 30.7 Å². The molecule has 1 aromatic heterocycles. The summed E-state index contributed by atoms with van der Waals surface area (Å²) >= 11 is 1.95. The molecule has 0 spiro atoms. The summed E-state index contributed by atoms with van der Waals surface area (Å²) in [5.41, 5.74) is 0.645. The number of hydrogen-bond acceptors (Lipinski definition) is 9. The highest BCUT2D eigenvalue weighted by atomic mass is 32.2. The van der Waals surface area contributed by atoms with Gasteiger partial charge < -0.3 is 14.2 Å². The van der Waals surface area contributed by atoms with Gasteiger partial charge >= 0.3 is 6.43 Å². The van der Waals surface area contributed by atoms with Crippen molar-refractivity contribution in [1.82, 2.24) is 15.1 Å². The smallest absolute Gasteiger partial charge is 0.314 e. The molecule has 0 radical (unpaired) electrons. The van der Waals surface area contributed by atoms with E-state index in [1.54, 1.807) is 4.90 Å². The van der Waals surface area contributed by atoms with Crippen molar-refractivity contribution in [1.29, 1.82) is 0 Å². The molecule has 2 bridgehead atoms. The van der Waals surface area contributed by atoms with Crippen molar-refractivity contribution in [2.75, 3.05) is 34.4 Å². The van der Waals surface area contributed by atoms with Gasteiger partial charge in [-0.2, -0.15) is 20.5 Å². The normalized spacial score (nSPS) is 21.1. The Labute approximate surface area is 231 Å². The number of alkyl halides is 2. The number of rotatable bonds is 8. The second-order valence-corrected chi connectivity index (χ2v) is 11.5. The maximum atomic E-state index is 15.4. The summed E-state index contributed by atoms with van der Waals surface area (Å²) in [7, 11) is 0. The molecule has 0 aliphatic carbocycles. The van der Waals surface area contributed by atoms with Crippen LogP contribution < -0.4 is 20.7 Å². The number of benzene rings is 2. The SMILES string of the molecule is O=c1c(N(Cc2ccc(-c3nnc(C(F)F)o3)cc2F)c2ccccc2)c(N2CC3CC2CN3C2CSC2)c1=O. The molecule has 2 atom stereocenters. The van der Waals surface area contributed by atoms with Gasteiger partial charge in [0.05, 0.1) is 6.54 Å². The van der Waals surface area contributed by atoms with Crippen molar-refractivity contribution in [3.05, 3.63) is 86.2 Å². The zero-order valence-corrected chi connectivity index (χ0v) is 22.0. The molecule has 0 saturated carbocycles. The third kappa shape index (κ3) is 4.12. The molecule has 3 saturated heterocycles. The number of piperazine rings is 1. The lowest BCUT2D eigenvalue weighted by molar-refractivity contribution is 0.116. The maximum Gasteiger partial charge on any atom is 0.314 e. The lowest BCUT2D eigenvalue weighted by Crippen LogP contribution is -2.56. The summed E-state index contributed by atoms with van der Waals surface area (Å²) in [5, 5.41) is 6.87. The minimum Gasteiger partial charge on any atom is -0.415 e. The second-order valence-electron chi connectivity index (χ2n) is 10.4. The van der Waals surface area contributed by atoms with Crippen LogP contribution in [0, 0.1) is 5.82 Å². The van der Waals surface area contributed by atoms with Crippen molar-refractivity contribution in [3.63, 3.8) is 0 Å². The molecule has 8 nitrogen and oxygen atoms in total. The maximum absolute atomic E-state index is 15.4. The van der Waals surface area contributed by atoms with E-state index in [0.29, 0.717) is 30.0 Å². The Kier molecular flexibility index (Phi) is 6.19. The highest BCUT2D eigenvalue weighted by molar-refractivity contribution is 8.00. The number of fused-ring (bicyclic) bond motifs is 2. The Hall–Kier alpha value is -3.64. The molecule has 0 N–H and O–H groups in total.